The molecule has 0 bridgehead atoms. The summed E-state index contributed by atoms with van der Waals surface area (Å²) in [6.07, 6.45) is 4.73. The highest BCUT2D eigenvalue weighted by atomic mass is 32.2. The van der Waals surface area contributed by atoms with Crippen LogP contribution in [0.1, 0.15) is 45.2 Å². The van der Waals surface area contributed by atoms with Gasteiger partial charge in [0.2, 0.25) is 5.88 Å². The van der Waals surface area contributed by atoms with Gasteiger partial charge in [0.15, 0.2) is 11.5 Å². The molecule has 2 aliphatic rings. The van der Waals surface area contributed by atoms with Crippen LogP contribution in [-0.4, -0.2) is 67.7 Å². The third kappa shape index (κ3) is 5.10. The predicted octanol–water partition coefficient (Wildman–Crippen LogP) is 4.65. The minimum atomic E-state index is 0.162. The van der Waals surface area contributed by atoms with E-state index in [1.807, 2.05) is 6.92 Å². The van der Waals surface area contributed by atoms with E-state index in [1.54, 1.807) is 12.1 Å². The van der Waals surface area contributed by atoms with E-state index in [-0.39, 0.29) is 6.10 Å². The second kappa shape index (κ2) is 9.87. The van der Waals surface area contributed by atoms with Crippen LogP contribution in [0.4, 0.5) is 5.69 Å². The van der Waals surface area contributed by atoms with Crippen molar-refractivity contribution in [2.75, 3.05) is 30.9 Å². The minimum Gasteiger partial charge on any atom is -0.474 e. The molecule has 0 spiro atoms. The van der Waals surface area contributed by atoms with Crippen molar-refractivity contribution in [2.24, 2.45) is 0 Å². The van der Waals surface area contributed by atoms with E-state index in [1.165, 1.54) is 12.8 Å². The van der Waals surface area contributed by atoms with Gasteiger partial charge in [-0.1, -0.05) is 0 Å². The maximum Gasteiger partial charge on any atom is 0.228 e. The largest absolute Gasteiger partial charge is 0.474 e. The summed E-state index contributed by atoms with van der Waals surface area (Å²) < 4.78 is 12.3. The molecule has 3 aromatic rings. The Labute approximate surface area is 199 Å². The van der Waals surface area contributed by atoms with Crippen molar-refractivity contribution in [2.45, 2.75) is 58.6 Å². The average molecular weight is 468 g/mol. The highest BCUT2D eigenvalue weighted by molar-refractivity contribution is 7.98. The van der Waals surface area contributed by atoms with Crippen LogP contribution in [0, 0.1) is 6.92 Å². The Morgan fingerprint density at radius 1 is 1.06 bits per heavy atom. The lowest BCUT2D eigenvalue weighted by Gasteiger charge is -2.34. The molecule has 2 fully saturated rings. The van der Waals surface area contributed by atoms with E-state index in [0.29, 0.717) is 17.7 Å². The number of aromatic amines is 1. The Bertz CT molecular complexity index is 1070. The first-order valence-electron chi connectivity index (χ1n) is 12.0. The van der Waals surface area contributed by atoms with Crippen LogP contribution in [0.15, 0.2) is 24.3 Å². The van der Waals surface area contributed by atoms with Gasteiger partial charge in [0.05, 0.1) is 5.69 Å². The highest BCUT2D eigenvalue weighted by Crippen LogP contribution is 2.31. The lowest BCUT2D eigenvalue weighted by molar-refractivity contribution is 0.0824. The molecule has 0 atom stereocenters. The van der Waals surface area contributed by atoms with E-state index >= 15 is 0 Å². The first-order valence-corrected chi connectivity index (χ1v) is 12.8. The number of benzene rings is 1. The van der Waals surface area contributed by atoms with Gasteiger partial charge in [-0.05, 0) is 70.7 Å². The van der Waals surface area contributed by atoms with E-state index < -0.39 is 0 Å². The Morgan fingerprint density at radius 3 is 2.48 bits per heavy atom. The van der Waals surface area contributed by atoms with Crippen LogP contribution in [0.3, 0.4) is 0 Å². The molecule has 0 amide bonds. The molecule has 33 heavy (non-hydrogen) atoms. The van der Waals surface area contributed by atoms with Crippen molar-refractivity contribution < 1.29 is 4.74 Å². The fourth-order valence-corrected chi connectivity index (χ4v) is 5.32. The number of rotatable bonds is 7. The second-order valence-electron chi connectivity index (χ2n) is 9.24. The Hall–Kier alpha value is -2.36. The number of H-pyrrole nitrogens is 1. The number of hydrogen-bond acceptors (Lipinski definition) is 8. The van der Waals surface area contributed by atoms with E-state index in [2.05, 4.69) is 62.2 Å². The standard InChI is InChI=1S/C24H33N7OS/c1-16(2)30-14-10-20(11-15-30)32-24-21-17(3)27-28-23(21)25-22(26-24)18-6-8-19(9-7-18)29-33-31-12-4-5-13-31/h6-9,16,20,29H,4-5,10-15H2,1-3H3,(H,25,26,27,28). The molecule has 2 aliphatic heterocycles. The van der Waals surface area contributed by atoms with Crippen LogP contribution < -0.4 is 9.46 Å². The molecular formula is C24H33N7OS. The summed E-state index contributed by atoms with van der Waals surface area (Å²) in [4.78, 5) is 12.1. The number of ether oxygens (including phenoxy) is 1. The van der Waals surface area contributed by atoms with Crippen LogP contribution in [0.5, 0.6) is 5.88 Å². The van der Waals surface area contributed by atoms with Crippen LogP contribution in [0.2, 0.25) is 0 Å². The molecule has 2 saturated heterocycles. The molecule has 5 rings (SSSR count). The summed E-state index contributed by atoms with van der Waals surface area (Å²) in [6.45, 7) is 10.9. The number of hydrogen-bond donors (Lipinski definition) is 2. The van der Waals surface area contributed by atoms with Crippen molar-refractivity contribution in [3.8, 4) is 17.3 Å². The van der Waals surface area contributed by atoms with Crippen molar-refractivity contribution in [1.82, 2.24) is 29.4 Å². The molecule has 0 saturated carbocycles. The summed E-state index contributed by atoms with van der Waals surface area (Å²) in [5.41, 5.74) is 3.62. The van der Waals surface area contributed by atoms with E-state index in [4.69, 9.17) is 14.7 Å². The SMILES string of the molecule is Cc1n[nH]c2nc(-c3ccc(NSN4CCCC4)cc3)nc(OC3CCN(C(C)C)CC3)c12. The molecule has 0 unspecified atom stereocenters. The molecule has 0 radical (unpaired) electrons. The number of anilines is 1. The van der Waals surface area contributed by atoms with Crippen LogP contribution in [-0.2, 0) is 0 Å². The summed E-state index contributed by atoms with van der Waals surface area (Å²) in [6, 6.07) is 8.84. The maximum absolute atomic E-state index is 6.46. The lowest BCUT2D eigenvalue weighted by Crippen LogP contribution is -2.41. The molecule has 9 heteroatoms. The first kappa shape index (κ1) is 22.4. The monoisotopic (exact) mass is 467 g/mol. The maximum atomic E-state index is 6.46. The number of aryl methyl sites for hydroxylation is 1. The Balaban J connectivity index is 1.33. The Kier molecular flexibility index (Phi) is 6.71. The fourth-order valence-electron chi connectivity index (χ4n) is 4.51. The quantitative estimate of drug-likeness (QED) is 0.486. The van der Waals surface area contributed by atoms with Crippen molar-refractivity contribution in [3.05, 3.63) is 30.0 Å². The van der Waals surface area contributed by atoms with Gasteiger partial charge in [0.1, 0.15) is 11.5 Å². The normalized spacial score (nSPS) is 18.4. The average Bonchev–Trinajstić information content (AvgIpc) is 3.48. The van der Waals surface area contributed by atoms with Crippen LogP contribution in [0.25, 0.3) is 22.4 Å². The zero-order chi connectivity index (χ0) is 22.8. The second-order valence-corrected chi connectivity index (χ2v) is 10.1. The van der Waals surface area contributed by atoms with Gasteiger partial charge < -0.3 is 14.4 Å². The van der Waals surface area contributed by atoms with Gasteiger partial charge in [-0.3, -0.25) is 5.10 Å². The number of aromatic nitrogens is 4. The number of fused-ring (bicyclic) bond motifs is 1. The zero-order valence-electron chi connectivity index (χ0n) is 19.7. The summed E-state index contributed by atoms with van der Waals surface area (Å²) in [7, 11) is 0. The molecule has 4 heterocycles. The molecule has 2 aromatic heterocycles. The van der Waals surface area contributed by atoms with Gasteiger partial charge in [0, 0.05) is 55.6 Å². The van der Waals surface area contributed by atoms with Gasteiger partial charge in [0.25, 0.3) is 0 Å². The summed E-state index contributed by atoms with van der Waals surface area (Å²) in [5, 5.41) is 8.29. The third-order valence-electron chi connectivity index (χ3n) is 6.55. The number of piperidine rings is 1. The highest BCUT2D eigenvalue weighted by Gasteiger charge is 2.24. The van der Waals surface area contributed by atoms with Gasteiger partial charge in [-0.15, -0.1) is 0 Å². The van der Waals surface area contributed by atoms with Crippen molar-refractivity contribution in [1.29, 1.82) is 0 Å². The molecule has 0 aliphatic carbocycles. The summed E-state index contributed by atoms with van der Waals surface area (Å²) >= 11 is 1.68. The van der Waals surface area contributed by atoms with Crippen LogP contribution >= 0.6 is 12.1 Å². The molecule has 1 aromatic carbocycles. The van der Waals surface area contributed by atoms with Crippen molar-refractivity contribution >= 4 is 28.9 Å². The third-order valence-corrected chi connectivity index (χ3v) is 7.50. The molecule has 8 nitrogen and oxygen atoms in total. The predicted molar refractivity (Wildman–Crippen MR) is 134 cm³/mol. The van der Waals surface area contributed by atoms with Crippen molar-refractivity contribution in [3.63, 3.8) is 0 Å². The minimum absolute atomic E-state index is 0.162. The molecule has 176 valence electrons. The zero-order valence-corrected chi connectivity index (χ0v) is 20.5. The van der Waals surface area contributed by atoms with Gasteiger partial charge in [-0.2, -0.15) is 10.1 Å². The number of nitrogens with one attached hydrogen (secondary N) is 2. The molecule has 2 N–H and O–H groups in total. The number of likely N-dealkylation sites (tertiary alicyclic amines) is 1. The fraction of sp³-hybridized carbons (Fsp3) is 0.542. The van der Waals surface area contributed by atoms with E-state index in [9.17, 15) is 0 Å². The molecular weight excluding hydrogens is 434 g/mol. The summed E-state index contributed by atoms with van der Waals surface area (Å²) in [5.74, 6) is 1.29. The van der Waals surface area contributed by atoms with Gasteiger partial charge in [-0.25, -0.2) is 9.29 Å². The smallest absolute Gasteiger partial charge is 0.228 e. The van der Waals surface area contributed by atoms with E-state index in [0.717, 1.165) is 67.0 Å². The Morgan fingerprint density at radius 2 is 1.79 bits per heavy atom. The first-order chi connectivity index (χ1) is 16.1. The lowest BCUT2D eigenvalue weighted by atomic mass is 10.1. The number of nitrogens with zero attached hydrogens (tertiary/aromatic N) is 5. The van der Waals surface area contributed by atoms with Gasteiger partial charge >= 0.3 is 0 Å². The topological polar surface area (TPSA) is 82.2 Å².